The second kappa shape index (κ2) is 8.19. The summed E-state index contributed by atoms with van der Waals surface area (Å²) in [6, 6.07) is 12.4. The number of carbonyl (C=O) groups excluding carboxylic acids is 2. The first kappa shape index (κ1) is 19.7. The first-order chi connectivity index (χ1) is 12.7. The van der Waals surface area contributed by atoms with E-state index in [2.05, 4.69) is 10.6 Å². The fraction of sp³-hybridized carbons (Fsp3) is 0.105. The zero-order chi connectivity index (χ0) is 20.0. The lowest BCUT2D eigenvalue weighted by molar-refractivity contribution is -0.137. The SMILES string of the molecule is CC(=O)Nc1ccc(/C=C(\C#N)C(=O)Nc2ccccc2C(F)(F)F)cc1. The number of amides is 2. The van der Waals surface area contributed by atoms with E-state index >= 15 is 0 Å². The van der Waals surface area contributed by atoms with Gasteiger partial charge in [0.2, 0.25) is 5.91 Å². The monoisotopic (exact) mass is 373 g/mol. The van der Waals surface area contributed by atoms with Crippen LogP contribution in [0.15, 0.2) is 54.1 Å². The highest BCUT2D eigenvalue weighted by molar-refractivity contribution is 6.10. The lowest BCUT2D eigenvalue weighted by Crippen LogP contribution is -2.17. The van der Waals surface area contributed by atoms with Crippen LogP contribution in [0.1, 0.15) is 18.1 Å². The van der Waals surface area contributed by atoms with Crippen LogP contribution >= 0.6 is 0 Å². The second-order valence-corrected chi connectivity index (χ2v) is 5.47. The Balaban J connectivity index is 2.23. The summed E-state index contributed by atoms with van der Waals surface area (Å²) in [6.07, 6.45) is -3.40. The van der Waals surface area contributed by atoms with Crippen LogP contribution < -0.4 is 10.6 Å². The Bertz CT molecular complexity index is 926. The van der Waals surface area contributed by atoms with Crippen molar-refractivity contribution in [1.29, 1.82) is 5.26 Å². The molecule has 0 aromatic heterocycles. The van der Waals surface area contributed by atoms with Gasteiger partial charge < -0.3 is 10.6 Å². The third-order valence-corrected chi connectivity index (χ3v) is 3.39. The van der Waals surface area contributed by atoms with E-state index in [0.29, 0.717) is 11.3 Å². The van der Waals surface area contributed by atoms with Crippen molar-refractivity contribution < 1.29 is 22.8 Å². The van der Waals surface area contributed by atoms with Crippen LogP contribution in [0.2, 0.25) is 0 Å². The number of nitriles is 1. The van der Waals surface area contributed by atoms with E-state index in [-0.39, 0.29) is 11.5 Å². The number of hydrogen-bond acceptors (Lipinski definition) is 3. The average molecular weight is 373 g/mol. The summed E-state index contributed by atoms with van der Waals surface area (Å²) in [4.78, 5) is 23.2. The van der Waals surface area contributed by atoms with E-state index in [1.807, 2.05) is 0 Å². The average Bonchev–Trinajstić information content (AvgIpc) is 2.60. The second-order valence-electron chi connectivity index (χ2n) is 5.47. The number of benzene rings is 2. The molecule has 2 aromatic carbocycles. The summed E-state index contributed by atoms with van der Waals surface area (Å²) < 4.78 is 39.0. The Morgan fingerprint density at radius 3 is 2.22 bits per heavy atom. The van der Waals surface area contributed by atoms with Crippen molar-refractivity contribution in [2.45, 2.75) is 13.1 Å². The molecule has 0 saturated carbocycles. The van der Waals surface area contributed by atoms with Gasteiger partial charge in [-0.05, 0) is 35.9 Å². The molecule has 8 heteroatoms. The lowest BCUT2D eigenvalue weighted by atomic mass is 10.1. The number of hydrogen-bond donors (Lipinski definition) is 2. The van der Waals surface area contributed by atoms with Gasteiger partial charge in [0.15, 0.2) is 0 Å². The van der Waals surface area contributed by atoms with Gasteiger partial charge >= 0.3 is 6.18 Å². The van der Waals surface area contributed by atoms with E-state index in [1.165, 1.54) is 25.1 Å². The molecule has 0 saturated heterocycles. The molecule has 0 aliphatic rings. The fourth-order valence-corrected chi connectivity index (χ4v) is 2.21. The summed E-state index contributed by atoms with van der Waals surface area (Å²) in [5.74, 6) is -1.21. The van der Waals surface area contributed by atoms with Gasteiger partial charge in [0.05, 0.1) is 11.3 Å². The molecule has 2 N–H and O–H groups in total. The number of anilines is 2. The zero-order valence-corrected chi connectivity index (χ0v) is 14.1. The van der Waals surface area contributed by atoms with E-state index in [1.54, 1.807) is 30.3 Å². The van der Waals surface area contributed by atoms with Gasteiger partial charge in [-0.3, -0.25) is 9.59 Å². The number of para-hydroxylation sites is 1. The lowest BCUT2D eigenvalue weighted by Gasteiger charge is -2.13. The zero-order valence-electron chi connectivity index (χ0n) is 14.1. The minimum Gasteiger partial charge on any atom is -0.326 e. The minimum absolute atomic E-state index is 0.251. The smallest absolute Gasteiger partial charge is 0.326 e. The van der Waals surface area contributed by atoms with E-state index in [9.17, 15) is 28.0 Å². The van der Waals surface area contributed by atoms with Gasteiger partial charge in [-0.25, -0.2) is 0 Å². The van der Waals surface area contributed by atoms with Crippen LogP contribution in [-0.4, -0.2) is 11.8 Å². The Labute approximate surface area is 153 Å². The number of carbonyl (C=O) groups is 2. The van der Waals surface area contributed by atoms with Gasteiger partial charge in [0, 0.05) is 12.6 Å². The van der Waals surface area contributed by atoms with Crippen LogP contribution in [0, 0.1) is 11.3 Å². The number of halogens is 3. The van der Waals surface area contributed by atoms with E-state index < -0.39 is 23.3 Å². The Morgan fingerprint density at radius 1 is 1.04 bits per heavy atom. The molecule has 0 radical (unpaired) electrons. The van der Waals surface area contributed by atoms with Crippen molar-refractivity contribution in [3.05, 3.63) is 65.2 Å². The van der Waals surface area contributed by atoms with Gasteiger partial charge in [0.1, 0.15) is 11.6 Å². The highest BCUT2D eigenvalue weighted by Crippen LogP contribution is 2.34. The normalized spacial score (nSPS) is 11.4. The Morgan fingerprint density at radius 2 is 1.67 bits per heavy atom. The minimum atomic E-state index is -4.64. The molecular formula is C19H14F3N3O2. The molecule has 0 unspecified atom stereocenters. The van der Waals surface area contributed by atoms with Gasteiger partial charge in [-0.15, -0.1) is 0 Å². The molecule has 0 aliphatic heterocycles. The standard InChI is InChI=1S/C19H14F3N3O2/c1-12(26)24-15-8-6-13(7-9-15)10-14(11-23)18(27)25-17-5-3-2-4-16(17)19(20,21)22/h2-10H,1H3,(H,24,26)(H,25,27)/b14-10+. The number of rotatable bonds is 4. The molecule has 2 aromatic rings. The molecule has 0 fully saturated rings. The maximum absolute atomic E-state index is 13.0. The predicted molar refractivity (Wildman–Crippen MR) is 94.4 cm³/mol. The van der Waals surface area contributed by atoms with Crippen molar-refractivity contribution >= 4 is 29.3 Å². The third-order valence-electron chi connectivity index (χ3n) is 3.39. The molecule has 5 nitrogen and oxygen atoms in total. The number of nitrogens with zero attached hydrogens (tertiary/aromatic N) is 1. The van der Waals surface area contributed by atoms with Gasteiger partial charge in [-0.1, -0.05) is 24.3 Å². The highest BCUT2D eigenvalue weighted by atomic mass is 19.4. The molecule has 27 heavy (non-hydrogen) atoms. The molecule has 2 rings (SSSR count). The number of alkyl halides is 3. The molecule has 0 aliphatic carbocycles. The first-order valence-corrected chi connectivity index (χ1v) is 7.67. The molecule has 0 bridgehead atoms. The molecule has 0 heterocycles. The largest absolute Gasteiger partial charge is 0.418 e. The van der Waals surface area contributed by atoms with Crippen LogP contribution in [0.25, 0.3) is 6.08 Å². The summed E-state index contributed by atoms with van der Waals surface area (Å²) in [5.41, 5.74) is -0.798. The van der Waals surface area contributed by atoms with Crippen LogP contribution in [-0.2, 0) is 15.8 Å². The maximum Gasteiger partial charge on any atom is 0.418 e. The molecule has 0 spiro atoms. The van der Waals surface area contributed by atoms with Gasteiger partial charge in [-0.2, -0.15) is 18.4 Å². The topological polar surface area (TPSA) is 82.0 Å². The summed E-state index contributed by atoms with van der Waals surface area (Å²) in [7, 11) is 0. The Hall–Kier alpha value is -3.60. The van der Waals surface area contributed by atoms with Gasteiger partial charge in [0.25, 0.3) is 5.91 Å². The predicted octanol–water partition coefficient (Wildman–Crippen LogP) is 4.21. The quantitative estimate of drug-likeness (QED) is 0.622. The summed E-state index contributed by atoms with van der Waals surface area (Å²) >= 11 is 0. The van der Waals surface area contributed by atoms with Crippen molar-refractivity contribution in [2.75, 3.05) is 10.6 Å². The molecule has 2 amide bonds. The molecule has 0 atom stereocenters. The van der Waals surface area contributed by atoms with Crippen molar-refractivity contribution in [3.8, 4) is 6.07 Å². The van der Waals surface area contributed by atoms with Crippen molar-refractivity contribution in [2.24, 2.45) is 0 Å². The number of nitrogens with one attached hydrogen (secondary N) is 2. The molecule has 138 valence electrons. The third kappa shape index (κ3) is 5.44. The summed E-state index contributed by atoms with van der Waals surface area (Å²) in [6.45, 7) is 1.35. The van der Waals surface area contributed by atoms with Crippen molar-refractivity contribution in [3.63, 3.8) is 0 Å². The first-order valence-electron chi connectivity index (χ1n) is 7.67. The summed E-state index contributed by atoms with van der Waals surface area (Å²) in [5, 5.41) is 13.9. The van der Waals surface area contributed by atoms with Crippen molar-refractivity contribution in [1.82, 2.24) is 0 Å². The van der Waals surface area contributed by atoms with Crippen LogP contribution in [0.5, 0.6) is 0 Å². The molecular weight excluding hydrogens is 359 g/mol. The van der Waals surface area contributed by atoms with E-state index in [4.69, 9.17) is 0 Å². The Kier molecular flexibility index (Phi) is 5.98. The van der Waals surface area contributed by atoms with Crippen LogP contribution in [0.4, 0.5) is 24.5 Å². The maximum atomic E-state index is 13.0. The fourth-order valence-electron chi connectivity index (χ4n) is 2.21. The highest BCUT2D eigenvalue weighted by Gasteiger charge is 2.33. The van der Waals surface area contributed by atoms with Crippen LogP contribution in [0.3, 0.4) is 0 Å². The van der Waals surface area contributed by atoms with E-state index in [0.717, 1.165) is 12.1 Å².